The van der Waals surface area contributed by atoms with E-state index in [0.29, 0.717) is 5.41 Å². The highest BCUT2D eigenvalue weighted by Crippen LogP contribution is 2.46. The molecule has 20 heavy (non-hydrogen) atoms. The largest absolute Gasteiger partial charge is 0.321 e. The molecular formula is C19H31N. The van der Waals surface area contributed by atoms with E-state index < -0.39 is 0 Å². The van der Waals surface area contributed by atoms with Gasteiger partial charge in [-0.1, -0.05) is 45.4 Å². The Hall–Kier alpha value is -0.820. The normalized spacial score (nSPS) is 27.6. The maximum atomic E-state index is 6.80. The molecule has 0 aromatic heterocycles. The van der Waals surface area contributed by atoms with E-state index in [-0.39, 0.29) is 5.54 Å². The van der Waals surface area contributed by atoms with E-state index in [1.54, 1.807) is 0 Å². The van der Waals surface area contributed by atoms with E-state index in [9.17, 15) is 0 Å². The van der Waals surface area contributed by atoms with Crippen LogP contribution in [0.5, 0.6) is 0 Å². The Kier molecular flexibility index (Phi) is 4.30. The first kappa shape index (κ1) is 15.6. The number of rotatable bonds is 3. The van der Waals surface area contributed by atoms with Gasteiger partial charge in [0.25, 0.3) is 0 Å². The molecule has 0 saturated heterocycles. The van der Waals surface area contributed by atoms with Crippen LogP contribution in [0.15, 0.2) is 18.2 Å². The summed E-state index contributed by atoms with van der Waals surface area (Å²) in [7, 11) is 0. The third-order valence-electron chi connectivity index (χ3n) is 6.04. The summed E-state index contributed by atoms with van der Waals surface area (Å²) in [5, 5.41) is 0. The lowest BCUT2D eigenvalue weighted by Crippen LogP contribution is -2.43. The summed E-state index contributed by atoms with van der Waals surface area (Å²) in [5.41, 5.74) is 11.3. The quantitative estimate of drug-likeness (QED) is 0.816. The average Bonchev–Trinajstić information content (AvgIpc) is 2.42. The van der Waals surface area contributed by atoms with Crippen LogP contribution >= 0.6 is 0 Å². The molecule has 2 N–H and O–H groups in total. The minimum atomic E-state index is -0.101. The van der Waals surface area contributed by atoms with Crippen molar-refractivity contribution in [3.63, 3.8) is 0 Å². The maximum absolute atomic E-state index is 6.80. The van der Waals surface area contributed by atoms with Crippen LogP contribution in [0.2, 0.25) is 0 Å². The van der Waals surface area contributed by atoms with Crippen LogP contribution in [-0.4, -0.2) is 0 Å². The zero-order valence-electron chi connectivity index (χ0n) is 13.9. The third-order valence-corrected chi connectivity index (χ3v) is 6.04. The van der Waals surface area contributed by atoms with Gasteiger partial charge in [-0.25, -0.2) is 0 Å². The summed E-state index contributed by atoms with van der Waals surface area (Å²) in [6, 6.07) is 6.59. The Bertz CT molecular complexity index is 465. The molecule has 1 heteroatoms. The van der Waals surface area contributed by atoms with Crippen molar-refractivity contribution >= 4 is 0 Å². The lowest BCUT2D eigenvalue weighted by atomic mass is 9.64. The first-order valence-corrected chi connectivity index (χ1v) is 8.16. The van der Waals surface area contributed by atoms with Crippen molar-refractivity contribution in [3.8, 4) is 0 Å². The smallest absolute Gasteiger partial charge is 0.0412 e. The number of hydrogen-bond acceptors (Lipinski definition) is 1. The second kappa shape index (κ2) is 5.52. The molecule has 0 bridgehead atoms. The summed E-state index contributed by atoms with van der Waals surface area (Å²) < 4.78 is 0. The van der Waals surface area contributed by atoms with Gasteiger partial charge in [-0.3, -0.25) is 0 Å². The Morgan fingerprint density at radius 2 is 1.80 bits per heavy atom. The molecule has 0 spiro atoms. The zero-order valence-corrected chi connectivity index (χ0v) is 13.9. The van der Waals surface area contributed by atoms with Crippen LogP contribution < -0.4 is 5.73 Å². The molecule has 0 unspecified atom stereocenters. The molecule has 2 rings (SSSR count). The molecule has 0 heterocycles. The van der Waals surface area contributed by atoms with Gasteiger partial charge in [0.15, 0.2) is 0 Å². The van der Waals surface area contributed by atoms with Crippen molar-refractivity contribution in [2.75, 3.05) is 0 Å². The predicted molar refractivity (Wildman–Crippen MR) is 87.8 cm³/mol. The number of nitrogens with two attached hydrogens (primary N) is 1. The molecule has 112 valence electrons. The first-order valence-electron chi connectivity index (χ1n) is 8.16. The molecular weight excluding hydrogens is 242 g/mol. The van der Waals surface area contributed by atoms with E-state index in [1.807, 2.05) is 0 Å². The molecule has 0 aliphatic heterocycles. The summed E-state index contributed by atoms with van der Waals surface area (Å²) in [6.07, 6.45) is 6.06. The SMILES string of the molecule is CCC(C)(C)C1CCC(N)(c2cccc(C)c2C)CC1. The Morgan fingerprint density at radius 1 is 1.20 bits per heavy atom. The van der Waals surface area contributed by atoms with Gasteiger partial charge in [-0.15, -0.1) is 0 Å². The lowest BCUT2D eigenvalue weighted by molar-refractivity contribution is 0.115. The molecule has 1 saturated carbocycles. The van der Waals surface area contributed by atoms with Crippen molar-refractivity contribution in [1.82, 2.24) is 0 Å². The highest BCUT2D eigenvalue weighted by Gasteiger charge is 2.38. The van der Waals surface area contributed by atoms with Crippen LogP contribution in [0.3, 0.4) is 0 Å². The summed E-state index contributed by atoms with van der Waals surface area (Å²) in [4.78, 5) is 0. The maximum Gasteiger partial charge on any atom is 0.0412 e. The minimum Gasteiger partial charge on any atom is -0.321 e. The predicted octanol–water partition coefficient (Wildman–Crippen LogP) is 5.08. The highest BCUT2D eigenvalue weighted by molar-refractivity contribution is 5.38. The van der Waals surface area contributed by atoms with Gasteiger partial charge in [0.1, 0.15) is 0 Å². The molecule has 0 atom stereocenters. The van der Waals surface area contributed by atoms with E-state index >= 15 is 0 Å². The van der Waals surface area contributed by atoms with Gasteiger partial charge in [0.2, 0.25) is 0 Å². The minimum absolute atomic E-state index is 0.101. The van der Waals surface area contributed by atoms with Gasteiger partial charge in [-0.2, -0.15) is 0 Å². The number of hydrogen-bond donors (Lipinski definition) is 1. The van der Waals surface area contributed by atoms with E-state index in [1.165, 1.54) is 36.0 Å². The number of aryl methyl sites for hydroxylation is 1. The Balaban J connectivity index is 2.18. The molecule has 1 aliphatic carbocycles. The van der Waals surface area contributed by atoms with Gasteiger partial charge >= 0.3 is 0 Å². The van der Waals surface area contributed by atoms with E-state index in [4.69, 9.17) is 5.73 Å². The van der Waals surface area contributed by atoms with E-state index in [2.05, 4.69) is 52.8 Å². The summed E-state index contributed by atoms with van der Waals surface area (Å²) in [5.74, 6) is 0.828. The Morgan fingerprint density at radius 3 is 2.35 bits per heavy atom. The van der Waals surface area contributed by atoms with Gasteiger partial charge in [0, 0.05) is 5.54 Å². The van der Waals surface area contributed by atoms with Crippen molar-refractivity contribution in [2.24, 2.45) is 17.1 Å². The van der Waals surface area contributed by atoms with Crippen molar-refractivity contribution in [2.45, 2.75) is 72.3 Å². The van der Waals surface area contributed by atoms with Crippen LogP contribution in [0, 0.1) is 25.2 Å². The van der Waals surface area contributed by atoms with Crippen LogP contribution in [0.25, 0.3) is 0 Å². The first-order chi connectivity index (χ1) is 9.30. The molecule has 1 aromatic carbocycles. The molecule has 0 radical (unpaired) electrons. The van der Waals surface area contributed by atoms with Crippen LogP contribution in [-0.2, 0) is 5.54 Å². The summed E-state index contributed by atoms with van der Waals surface area (Å²) in [6.45, 7) is 11.6. The van der Waals surface area contributed by atoms with Crippen molar-refractivity contribution in [3.05, 3.63) is 34.9 Å². The van der Waals surface area contributed by atoms with Gasteiger partial charge in [-0.05, 0) is 67.6 Å². The van der Waals surface area contributed by atoms with E-state index in [0.717, 1.165) is 18.8 Å². The topological polar surface area (TPSA) is 26.0 Å². The monoisotopic (exact) mass is 273 g/mol. The van der Waals surface area contributed by atoms with Gasteiger partial charge < -0.3 is 5.73 Å². The lowest BCUT2D eigenvalue weighted by Gasteiger charge is -2.44. The average molecular weight is 273 g/mol. The fourth-order valence-electron chi connectivity index (χ4n) is 3.76. The standard InChI is InChI=1S/C19H31N/c1-6-18(4,5)16-10-12-19(20,13-11-16)17-9-7-8-14(2)15(17)3/h7-9,16H,6,10-13,20H2,1-5H3. The summed E-state index contributed by atoms with van der Waals surface area (Å²) >= 11 is 0. The van der Waals surface area contributed by atoms with Gasteiger partial charge in [0.05, 0.1) is 0 Å². The fraction of sp³-hybridized carbons (Fsp3) is 0.684. The van der Waals surface area contributed by atoms with Crippen molar-refractivity contribution in [1.29, 1.82) is 0 Å². The van der Waals surface area contributed by atoms with Crippen LogP contribution in [0.1, 0.15) is 69.6 Å². The molecule has 0 amide bonds. The fourth-order valence-corrected chi connectivity index (χ4v) is 3.76. The highest BCUT2D eigenvalue weighted by atomic mass is 14.8. The van der Waals surface area contributed by atoms with Crippen molar-refractivity contribution < 1.29 is 0 Å². The molecule has 1 aromatic rings. The van der Waals surface area contributed by atoms with Crippen LogP contribution in [0.4, 0.5) is 0 Å². The number of benzene rings is 1. The Labute approximate surface area is 125 Å². The third kappa shape index (κ3) is 2.79. The second-order valence-electron chi connectivity index (χ2n) is 7.52. The second-order valence-corrected chi connectivity index (χ2v) is 7.52. The zero-order chi connectivity index (χ0) is 15.0. The molecule has 1 aliphatic rings. The molecule has 1 fully saturated rings. The molecule has 1 nitrogen and oxygen atoms in total.